The summed E-state index contributed by atoms with van der Waals surface area (Å²) < 4.78 is 18.4. The lowest BCUT2D eigenvalue weighted by Gasteiger charge is -2.24. The van der Waals surface area contributed by atoms with E-state index in [1.54, 1.807) is 12.1 Å². The van der Waals surface area contributed by atoms with Crippen LogP contribution in [-0.4, -0.2) is 17.8 Å². The summed E-state index contributed by atoms with van der Waals surface area (Å²) in [6.07, 6.45) is 0.824. The van der Waals surface area contributed by atoms with Crippen LogP contribution in [0.3, 0.4) is 0 Å². The maximum atomic E-state index is 13.5. The van der Waals surface area contributed by atoms with Gasteiger partial charge < -0.3 is 4.74 Å². The predicted octanol–water partition coefficient (Wildman–Crippen LogP) is 4.17. The monoisotopic (exact) mass is 352 g/mol. The van der Waals surface area contributed by atoms with Crippen LogP contribution in [0, 0.1) is 11.2 Å². The average Bonchev–Trinajstić information content (AvgIpc) is 2.29. The van der Waals surface area contributed by atoms with Gasteiger partial charge in [-0.15, -0.1) is 0 Å². The zero-order valence-electron chi connectivity index (χ0n) is 9.40. The van der Waals surface area contributed by atoms with Gasteiger partial charge in [-0.3, -0.25) is 0 Å². The molecule has 1 rings (SSSR count). The fraction of sp³-hybridized carbons (Fsp3) is 0.500. The summed E-state index contributed by atoms with van der Waals surface area (Å²) >= 11 is 6.98. The van der Waals surface area contributed by atoms with Crippen molar-refractivity contribution in [2.24, 2.45) is 5.41 Å². The van der Waals surface area contributed by atoms with E-state index in [0.717, 1.165) is 22.6 Å². The summed E-state index contributed by atoms with van der Waals surface area (Å²) in [6.45, 7) is 2.15. The molecule has 0 aliphatic carbocycles. The highest BCUT2D eigenvalue weighted by atomic mass is 79.9. The molecule has 0 aliphatic heterocycles. The van der Waals surface area contributed by atoms with Gasteiger partial charge in [-0.2, -0.15) is 0 Å². The highest BCUT2D eigenvalue weighted by Gasteiger charge is 2.22. The zero-order chi connectivity index (χ0) is 12.2. The number of rotatable bonds is 5. The third-order valence-electron chi connectivity index (χ3n) is 2.49. The molecule has 0 unspecified atom stereocenters. The van der Waals surface area contributed by atoms with Crippen molar-refractivity contribution < 1.29 is 9.13 Å². The number of alkyl halides is 2. The normalized spacial score (nSPS) is 11.6. The minimum atomic E-state index is -0.300. The van der Waals surface area contributed by atoms with E-state index in [1.807, 2.05) is 6.07 Å². The first-order chi connectivity index (χ1) is 7.54. The second-order valence-electron chi connectivity index (χ2n) is 4.22. The number of hydrogen-bond acceptors (Lipinski definition) is 1. The third kappa shape index (κ3) is 3.45. The summed E-state index contributed by atoms with van der Waals surface area (Å²) in [4.78, 5) is 0. The standard InChI is InChI=1S/C12H15Br2FO/c1-12(7-13,8-14)6-9-3-4-11(16-2)10(15)5-9/h3-5H,6-8H2,1-2H3. The Morgan fingerprint density at radius 3 is 2.38 bits per heavy atom. The molecule has 0 bridgehead atoms. The Morgan fingerprint density at radius 1 is 1.31 bits per heavy atom. The van der Waals surface area contributed by atoms with E-state index in [0.29, 0.717) is 5.75 Å². The molecule has 0 aromatic heterocycles. The van der Waals surface area contributed by atoms with E-state index in [4.69, 9.17) is 4.74 Å². The van der Waals surface area contributed by atoms with Crippen LogP contribution in [0.4, 0.5) is 4.39 Å². The fourth-order valence-electron chi connectivity index (χ4n) is 1.44. The predicted molar refractivity (Wildman–Crippen MR) is 72.4 cm³/mol. The van der Waals surface area contributed by atoms with Gasteiger partial charge in [0.2, 0.25) is 0 Å². The van der Waals surface area contributed by atoms with Crippen molar-refractivity contribution in [2.45, 2.75) is 13.3 Å². The van der Waals surface area contributed by atoms with Crippen molar-refractivity contribution >= 4 is 31.9 Å². The second kappa shape index (κ2) is 6.01. The van der Waals surface area contributed by atoms with Crippen LogP contribution < -0.4 is 4.74 Å². The lowest BCUT2D eigenvalue weighted by Crippen LogP contribution is -2.23. The summed E-state index contributed by atoms with van der Waals surface area (Å²) in [5.41, 5.74) is 1.08. The molecular formula is C12H15Br2FO. The van der Waals surface area contributed by atoms with Crippen molar-refractivity contribution in [1.29, 1.82) is 0 Å². The van der Waals surface area contributed by atoms with E-state index in [1.165, 1.54) is 7.11 Å². The topological polar surface area (TPSA) is 9.23 Å². The van der Waals surface area contributed by atoms with Crippen LogP contribution in [0.15, 0.2) is 18.2 Å². The van der Waals surface area contributed by atoms with Gasteiger partial charge in [-0.05, 0) is 29.5 Å². The average molecular weight is 354 g/mol. The van der Waals surface area contributed by atoms with Gasteiger partial charge in [0.05, 0.1) is 7.11 Å². The minimum Gasteiger partial charge on any atom is -0.494 e. The first-order valence-corrected chi connectivity index (χ1v) is 7.23. The quantitative estimate of drug-likeness (QED) is 0.722. The Labute approximate surface area is 113 Å². The Hall–Kier alpha value is -0.0900. The molecule has 0 N–H and O–H groups in total. The van der Waals surface area contributed by atoms with E-state index in [9.17, 15) is 4.39 Å². The summed E-state index contributed by atoms with van der Waals surface area (Å²) in [7, 11) is 1.47. The number of methoxy groups -OCH3 is 1. The molecule has 0 atom stereocenters. The van der Waals surface area contributed by atoms with Gasteiger partial charge in [0, 0.05) is 10.7 Å². The Bertz CT molecular complexity index is 351. The van der Waals surface area contributed by atoms with Crippen LogP contribution in [0.25, 0.3) is 0 Å². The van der Waals surface area contributed by atoms with Gasteiger partial charge in [0.25, 0.3) is 0 Å². The lowest BCUT2D eigenvalue weighted by atomic mass is 9.88. The molecule has 0 radical (unpaired) electrons. The van der Waals surface area contributed by atoms with Crippen molar-refractivity contribution in [3.63, 3.8) is 0 Å². The largest absolute Gasteiger partial charge is 0.494 e. The maximum absolute atomic E-state index is 13.5. The first-order valence-electron chi connectivity index (χ1n) is 4.99. The molecule has 90 valence electrons. The van der Waals surface area contributed by atoms with Crippen LogP contribution in [-0.2, 0) is 6.42 Å². The lowest BCUT2D eigenvalue weighted by molar-refractivity contribution is 0.384. The number of ether oxygens (including phenoxy) is 1. The van der Waals surface area contributed by atoms with Crippen molar-refractivity contribution in [1.82, 2.24) is 0 Å². The zero-order valence-corrected chi connectivity index (χ0v) is 12.6. The number of hydrogen-bond donors (Lipinski definition) is 0. The Morgan fingerprint density at radius 2 is 1.94 bits per heavy atom. The Balaban J connectivity index is 2.86. The molecular weight excluding hydrogens is 339 g/mol. The van der Waals surface area contributed by atoms with Gasteiger partial charge in [0.1, 0.15) is 0 Å². The smallest absolute Gasteiger partial charge is 0.165 e. The van der Waals surface area contributed by atoms with Crippen LogP contribution in [0.5, 0.6) is 5.75 Å². The van der Waals surface area contributed by atoms with Crippen molar-refractivity contribution in [3.05, 3.63) is 29.6 Å². The molecule has 0 aliphatic rings. The molecule has 0 saturated carbocycles. The van der Waals surface area contributed by atoms with Gasteiger partial charge in [-0.1, -0.05) is 44.8 Å². The maximum Gasteiger partial charge on any atom is 0.165 e. The molecule has 0 saturated heterocycles. The highest BCUT2D eigenvalue weighted by molar-refractivity contribution is 9.09. The molecule has 0 heterocycles. The summed E-state index contributed by atoms with van der Waals surface area (Å²) in [5, 5.41) is 1.75. The highest BCUT2D eigenvalue weighted by Crippen LogP contribution is 2.29. The molecule has 4 heteroatoms. The van der Waals surface area contributed by atoms with E-state index in [2.05, 4.69) is 38.8 Å². The van der Waals surface area contributed by atoms with E-state index in [-0.39, 0.29) is 11.2 Å². The molecule has 1 aromatic carbocycles. The number of benzene rings is 1. The third-order valence-corrected chi connectivity index (χ3v) is 5.20. The minimum absolute atomic E-state index is 0.0982. The summed E-state index contributed by atoms with van der Waals surface area (Å²) in [6, 6.07) is 5.13. The van der Waals surface area contributed by atoms with Crippen LogP contribution in [0.1, 0.15) is 12.5 Å². The molecule has 1 nitrogen and oxygen atoms in total. The van der Waals surface area contributed by atoms with Crippen LogP contribution >= 0.6 is 31.9 Å². The molecule has 16 heavy (non-hydrogen) atoms. The molecule has 0 amide bonds. The van der Waals surface area contributed by atoms with E-state index < -0.39 is 0 Å². The van der Waals surface area contributed by atoms with Crippen LogP contribution in [0.2, 0.25) is 0 Å². The summed E-state index contributed by atoms with van der Waals surface area (Å²) in [5.74, 6) is -0.00497. The van der Waals surface area contributed by atoms with Gasteiger partial charge in [0.15, 0.2) is 11.6 Å². The SMILES string of the molecule is COc1ccc(CC(C)(CBr)CBr)cc1F. The first kappa shape index (κ1) is 14.0. The molecule has 1 aromatic rings. The van der Waals surface area contributed by atoms with Crippen molar-refractivity contribution in [2.75, 3.05) is 17.8 Å². The molecule has 0 fully saturated rings. The number of halogens is 3. The van der Waals surface area contributed by atoms with Gasteiger partial charge in [-0.25, -0.2) is 4.39 Å². The second-order valence-corrected chi connectivity index (χ2v) is 5.35. The van der Waals surface area contributed by atoms with E-state index >= 15 is 0 Å². The van der Waals surface area contributed by atoms with Gasteiger partial charge >= 0.3 is 0 Å². The molecule has 0 spiro atoms. The van der Waals surface area contributed by atoms with Crippen molar-refractivity contribution in [3.8, 4) is 5.75 Å². The Kier molecular flexibility index (Phi) is 5.25. The fourth-order valence-corrected chi connectivity index (χ4v) is 2.77.